The number of halogens is 3. The second-order valence-electron chi connectivity index (χ2n) is 1.87. The van der Waals surface area contributed by atoms with Gasteiger partial charge in [0, 0.05) is 7.11 Å². The van der Waals surface area contributed by atoms with Gasteiger partial charge in [-0.1, -0.05) is 55.6 Å². The minimum absolute atomic E-state index is 0. The molecular formula is C8H22Cl3NO2. The van der Waals surface area contributed by atoms with Gasteiger partial charge in [0.2, 0.25) is 0 Å². The third-order valence-corrected chi connectivity index (χ3v) is 1.34. The zero-order chi connectivity index (χ0) is 11.3. The minimum Gasteiger partial charge on any atom is -0.412 e. The Morgan fingerprint density at radius 2 is 1.07 bits per heavy atom. The minimum atomic E-state index is -0.750. The third-order valence-electron chi connectivity index (χ3n) is 1.34. The number of nitrogens with zero attached hydrogens (tertiary/aromatic N) is 1. The van der Waals surface area contributed by atoms with Gasteiger partial charge >= 0.3 is 0 Å². The molecule has 92 valence electrons. The fourth-order valence-corrected chi connectivity index (χ4v) is 0.671. The highest BCUT2D eigenvalue weighted by atomic mass is 35.6. The molecule has 0 spiro atoms. The molecule has 0 aromatic rings. The summed E-state index contributed by atoms with van der Waals surface area (Å²) in [5, 5.41) is 7.00. The van der Waals surface area contributed by atoms with Crippen LogP contribution in [0, 0.1) is 0 Å². The highest BCUT2D eigenvalue weighted by Crippen LogP contribution is 2.03. The van der Waals surface area contributed by atoms with Crippen molar-refractivity contribution < 1.29 is 10.6 Å². The van der Waals surface area contributed by atoms with Crippen LogP contribution in [-0.2, 0) is 0 Å². The van der Waals surface area contributed by atoms with Crippen LogP contribution in [0.15, 0.2) is 0 Å². The van der Waals surface area contributed by atoms with E-state index in [9.17, 15) is 0 Å². The highest BCUT2D eigenvalue weighted by Gasteiger charge is 1.89. The number of alkyl halides is 3. The molecule has 0 aliphatic carbocycles. The summed E-state index contributed by atoms with van der Waals surface area (Å²) in [4.78, 5) is 2.38. The van der Waals surface area contributed by atoms with Crippen LogP contribution in [0.2, 0.25) is 0 Å². The molecule has 0 saturated carbocycles. The first-order chi connectivity index (χ1) is 6.08. The van der Waals surface area contributed by atoms with E-state index in [1.807, 2.05) is 0 Å². The lowest BCUT2D eigenvalue weighted by molar-refractivity contribution is 0.321. The lowest BCUT2D eigenvalue weighted by Gasteiger charge is -2.13. The van der Waals surface area contributed by atoms with Crippen molar-refractivity contribution in [3.05, 3.63) is 0 Å². The molecule has 0 fully saturated rings. The number of hydrogen-bond donors (Lipinski definition) is 1. The molecule has 6 heteroatoms. The topological polar surface area (TPSA) is 55.0 Å². The molecule has 0 heterocycles. The second-order valence-corrected chi connectivity index (χ2v) is 3.85. The third kappa shape index (κ3) is 38.6. The van der Waals surface area contributed by atoms with E-state index in [2.05, 4.69) is 25.7 Å². The lowest BCUT2D eigenvalue weighted by Crippen LogP contribution is -2.21. The number of aliphatic hydroxyl groups is 1. The molecule has 3 nitrogen and oxygen atoms in total. The molecule has 3 N–H and O–H groups in total. The maximum atomic E-state index is 7.00. The van der Waals surface area contributed by atoms with Gasteiger partial charge in [0.15, 0.2) is 4.30 Å². The smallest absolute Gasteiger partial charge is 0.180 e. The van der Waals surface area contributed by atoms with Crippen LogP contribution < -0.4 is 0 Å². The summed E-state index contributed by atoms with van der Waals surface area (Å²) < 4.78 is -0.750. The van der Waals surface area contributed by atoms with Gasteiger partial charge in [0.1, 0.15) is 0 Å². The van der Waals surface area contributed by atoms with E-state index in [1.54, 1.807) is 0 Å². The van der Waals surface area contributed by atoms with E-state index in [-0.39, 0.29) is 5.48 Å². The Kier molecular flexibility index (Phi) is 40.5. The predicted molar refractivity (Wildman–Crippen MR) is 66.6 cm³/mol. The predicted octanol–water partition coefficient (Wildman–Crippen LogP) is 2.12. The van der Waals surface area contributed by atoms with Gasteiger partial charge in [-0.05, 0) is 19.6 Å². The molecule has 0 aliphatic rings. The van der Waals surface area contributed by atoms with Crippen molar-refractivity contribution in [2.24, 2.45) is 0 Å². The van der Waals surface area contributed by atoms with E-state index in [0.717, 1.165) is 7.11 Å². The monoisotopic (exact) mass is 269 g/mol. The first kappa shape index (κ1) is 24.1. The van der Waals surface area contributed by atoms with E-state index in [4.69, 9.17) is 39.9 Å². The molecule has 0 unspecified atom stereocenters. The van der Waals surface area contributed by atoms with Crippen molar-refractivity contribution in [3.8, 4) is 0 Å². The maximum absolute atomic E-state index is 7.00. The molecule has 0 bridgehead atoms. The summed E-state index contributed by atoms with van der Waals surface area (Å²) in [6.07, 6.45) is 0. The first-order valence-corrected chi connectivity index (χ1v) is 5.48. The molecule has 0 amide bonds. The van der Waals surface area contributed by atoms with Gasteiger partial charge in [-0.3, -0.25) is 0 Å². The Balaban J connectivity index is -0.0000000620. The molecule has 0 saturated heterocycles. The average Bonchev–Trinajstić information content (AvgIpc) is 2.10. The number of rotatable bonds is 3. The van der Waals surface area contributed by atoms with Crippen LogP contribution >= 0.6 is 34.8 Å². The van der Waals surface area contributed by atoms with Crippen LogP contribution in [-0.4, -0.2) is 46.5 Å². The Hall–Kier alpha value is 0.750. The summed E-state index contributed by atoms with van der Waals surface area (Å²) in [6.45, 7) is 10.1. The Morgan fingerprint density at radius 3 is 1.07 bits per heavy atom. The highest BCUT2D eigenvalue weighted by molar-refractivity contribution is 6.63. The van der Waals surface area contributed by atoms with E-state index >= 15 is 0 Å². The Labute approximate surface area is 102 Å². The van der Waals surface area contributed by atoms with E-state index in [0.29, 0.717) is 0 Å². The van der Waals surface area contributed by atoms with Crippen molar-refractivity contribution in [2.75, 3.05) is 26.7 Å². The number of aliphatic hydroxyl groups excluding tert-OH is 1. The Morgan fingerprint density at radius 1 is 0.929 bits per heavy atom. The first-order valence-electron chi connectivity index (χ1n) is 4.17. The quantitative estimate of drug-likeness (QED) is 0.799. The van der Waals surface area contributed by atoms with Gasteiger partial charge in [0.05, 0.1) is 0 Å². The molecule has 0 aromatic heterocycles. The van der Waals surface area contributed by atoms with E-state index < -0.39 is 4.30 Å². The van der Waals surface area contributed by atoms with Crippen LogP contribution in [0.25, 0.3) is 0 Å². The summed E-state index contributed by atoms with van der Waals surface area (Å²) in [7, 11) is 1.00. The standard InChI is InChI=1S/C6H15N.CHCl3.CH4O.H2O/c1-4-7(5-2)6-3;2-1(3)4;1-2;/h4-6H2,1-3H3;1H;2H,1H3;1H2. The zero-order valence-electron chi connectivity index (χ0n) is 9.23. The molecule has 14 heavy (non-hydrogen) atoms. The second kappa shape index (κ2) is 23.5. The van der Waals surface area contributed by atoms with Crippen molar-refractivity contribution in [1.29, 1.82) is 0 Å². The van der Waals surface area contributed by atoms with Crippen LogP contribution in [0.3, 0.4) is 0 Å². The Bertz CT molecular complexity index is 65.3. The molecular weight excluding hydrogens is 248 g/mol. The van der Waals surface area contributed by atoms with Crippen molar-refractivity contribution in [2.45, 2.75) is 25.1 Å². The summed E-state index contributed by atoms with van der Waals surface area (Å²) in [5.74, 6) is 0. The normalized spacial score (nSPS) is 8.14. The van der Waals surface area contributed by atoms with E-state index in [1.165, 1.54) is 19.6 Å². The molecule has 0 atom stereocenters. The molecule has 0 aliphatic heterocycles. The maximum Gasteiger partial charge on any atom is 0.180 e. The SMILES string of the molecule is CCN(CC)CC.CO.ClC(Cl)Cl.O. The van der Waals surface area contributed by atoms with Crippen LogP contribution in [0.4, 0.5) is 0 Å². The van der Waals surface area contributed by atoms with Crippen molar-refractivity contribution >= 4 is 34.8 Å². The number of hydrogen-bond acceptors (Lipinski definition) is 2. The molecule has 0 rings (SSSR count). The van der Waals surface area contributed by atoms with Crippen LogP contribution in [0.1, 0.15) is 20.8 Å². The van der Waals surface area contributed by atoms with Crippen molar-refractivity contribution in [1.82, 2.24) is 4.90 Å². The van der Waals surface area contributed by atoms with Gasteiger partial charge < -0.3 is 15.5 Å². The summed E-state index contributed by atoms with van der Waals surface area (Å²) >= 11 is 14.4. The van der Waals surface area contributed by atoms with Crippen molar-refractivity contribution in [3.63, 3.8) is 0 Å². The average molecular weight is 271 g/mol. The zero-order valence-corrected chi connectivity index (χ0v) is 11.5. The summed E-state index contributed by atoms with van der Waals surface area (Å²) in [5.41, 5.74) is 0. The summed E-state index contributed by atoms with van der Waals surface area (Å²) in [6, 6.07) is 0. The van der Waals surface area contributed by atoms with Gasteiger partial charge in [-0.2, -0.15) is 0 Å². The van der Waals surface area contributed by atoms with Gasteiger partial charge in [-0.25, -0.2) is 0 Å². The largest absolute Gasteiger partial charge is 0.412 e. The molecule has 0 aromatic carbocycles. The fraction of sp³-hybridized carbons (Fsp3) is 1.00. The van der Waals surface area contributed by atoms with Gasteiger partial charge in [-0.15, -0.1) is 0 Å². The molecule has 0 radical (unpaired) electrons. The van der Waals surface area contributed by atoms with Crippen LogP contribution in [0.5, 0.6) is 0 Å². The lowest BCUT2D eigenvalue weighted by atomic mass is 10.5. The van der Waals surface area contributed by atoms with Gasteiger partial charge in [0.25, 0.3) is 0 Å². The fourth-order valence-electron chi connectivity index (χ4n) is 0.671.